The number of hydrogen-bond acceptors (Lipinski definition) is 7. The van der Waals surface area contributed by atoms with Gasteiger partial charge in [-0.25, -0.2) is 0 Å². The number of rotatable bonds is 10. The predicted molar refractivity (Wildman–Crippen MR) is 177 cm³/mol. The average Bonchev–Trinajstić information content (AvgIpc) is 3.09. The highest BCUT2D eigenvalue weighted by Gasteiger charge is 2.37. The molecule has 8 nitrogen and oxygen atoms in total. The van der Waals surface area contributed by atoms with Gasteiger partial charge in [-0.15, -0.1) is 0 Å². The Morgan fingerprint density at radius 2 is 1.02 bits per heavy atom. The third-order valence-electron chi connectivity index (χ3n) is 8.53. The maximum absolute atomic E-state index is 14.2. The van der Waals surface area contributed by atoms with Crippen LogP contribution in [-0.2, 0) is 41.0 Å². The number of likely N-dealkylation sites (tertiary alicyclic amines) is 2. The van der Waals surface area contributed by atoms with Crippen LogP contribution in [0.3, 0.4) is 0 Å². The standard InChI is InChI=1S/C36H38F6N2O6S/c1-3-49-33(47)25-13-17-43(18-14-25)31(45)11-7-23-5-9-29(27(21-23)35(37,38)39)51-30-10-6-24(22-28(30)36(40,41)42)8-12-32(46)44-19-15-26(16-20-44)34(48)50-4-2/h5-12,21-22,25-26H,3-4,13-20H2,1-2H3. The fraction of sp³-hybridized carbons (Fsp3) is 0.444. The van der Waals surface area contributed by atoms with Crippen LogP contribution in [0.4, 0.5) is 26.3 Å². The molecule has 276 valence electrons. The Kier molecular flexibility index (Phi) is 13.4. The molecule has 2 aliphatic heterocycles. The number of piperidine rings is 2. The van der Waals surface area contributed by atoms with Crippen molar-refractivity contribution in [2.45, 2.75) is 61.7 Å². The van der Waals surface area contributed by atoms with Crippen molar-refractivity contribution in [2.24, 2.45) is 11.8 Å². The smallest absolute Gasteiger partial charge is 0.417 e. The monoisotopic (exact) mass is 740 g/mol. The summed E-state index contributed by atoms with van der Waals surface area (Å²) in [4.78, 5) is 51.3. The van der Waals surface area contributed by atoms with E-state index in [4.69, 9.17) is 9.47 Å². The van der Waals surface area contributed by atoms with E-state index in [-0.39, 0.29) is 74.3 Å². The van der Waals surface area contributed by atoms with Crippen molar-refractivity contribution in [3.63, 3.8) is 0 Å². The lowest BCUT2D eigenvalue weighted by molar-refractivity contribution is -0.151. The van der Waals surface area contributed by atoms with Crippen LogP contribution in [0.5, 0.6) is 0 Å². The average molecular weight is 741 g/mol. The van der Waals surface area contributed by atoms with Gasteiger partial charge in [0.25, 0.3) is 0 Å². The molecule has 0 atom stereocenters. The van der Waals surface area contributed by atoms with Crippen LogP contribution < -0.4 is 0 Å². The van der Waals surface area contributed by atoms with E-state index in [2.05, 4.69) is 0 Å². The maximum Gasteiger partial charge on any atom is 0.417 e. The number of ether oxygens (including phenoxy) is 2. The summed E-state index contributed by atoms with van der Waals surface area (Å²) in [5.41, 5.74) is -2.31. The third kappa shape index (κ3) is 10.9. The van der Waals surface area contributed by atoms with E-state index in [1.807, 2.05) is 0 Å². The molecule has 0 unspecified atom stereocenters. The van der Waals surface area contributed by atoms with Gasteiger partial charge in [0.05, 0.1) is 36.2 Å². The molecule has 51 heavy (non-hydrogen) atoms. The van der Waals surface area contributed by atoms with Crippen LogP contribution in [-0.4, -0.2) is 72.9 Å². The first-order valence-electron chi connectivity index (χ1n) is 16.5. The molecule has 0 saturated carbocycles. The fourth-order valence-electron chi connectivity index (χ4n) is 5.78. The minimum Gasteiger partial charge on any atom is -0.466 e. The van der Waals surface area contributed by atoms with Crippen LogP contribution in [0.1, 0.15) is 61.8 Å². The van der Waals surface area contributed by atoms with Crippen molar-refractivity contribution in [3.8, 4) is 0 Å². The first-order chi connectivity index (χ1) is 24.1. The number of carbonyl (C=O) groups is 4. The van der Waals surface area contributed by atoms with Crippen molar-refractivity contribution in [3.05, 3.63) is 70.8 Å². The second-order valence-corrected chi connectivity index (χ2v) is 13.1. The summed E-state index contributed by atoms with van der Waals surface area (Å²) in [5, 5.41) is 0. The molecule has 2 heterocycles. The number of alkyl halides is 6. The molecule has 2 saturated heterocycles. The molecule has 4 rings (SSSR count). The molecule has 2 aliphatic rings. The van der Waals surface area contributed by atoms with Crippen LogP contribution in [0.25, 0.3) is 12.2 Å². The largest absolute Gasteiger partial charge is 0.466 e. The SMILES string of the molecule is CCOC(=O)C1CCN(C(=O)C=Cc2ccc(Sc3ccc(C=CC(=O)N4CCC(C(=O)OCC)CC4)cc3C(F)(F)F)c(C(F)(F)F)c2)CC1. The van der Waals surface area contributed by atoms with Gasteiger partial charge in [-0.3, -0.25) is 19.2 Å². The van der Waals surface area contributed by atoms with E-state index >= 15 is 0 Å². The van der Waals surface area contributed by atoms with Crippen LogP contribution in [0.2, 0.25) is 0 Å². The number of benzene rings is 2. The predicted octanol–water partition coefficient (Wildman–Crippen LogP) is 7.51. The normalized spacial score (nSPS) is 16.5. The highest BCUT2D eigenvalue weighted by molar-refractivity contribution is 7.99. The molecule has 2 fully saturated rings. The van der Waals surface area contributed by atoms with E-state index < -0.39 is 45.1 Å². The van der Waals surface area contributed by atoms with Gasteiger partial charge in [0.15, 0.2) is 0 Å². The summed E-state index contributed by atoms with van der Waals surface area (Å²) < 4.78 is 95.0. The summed E-state index contributed by atoms with van der Waals surface area (Å²) in [6.07, 6.45) is -3.59. The van der Waals surface area contributed by atoms with Crippen molar-refractivity contribution in [1.29, 1.82) is 0 Å². The van der Waals surface area contributed by atoms with E-state index in [0.29, 0.717) is 37.4 Å². The van der Waals surface area contributed by atoms with Crippen molar-refractivity contribution < 1.29 is 55.0 Å². The number of hydrogen-bond donors (Lipinski definition) is 0. The number of carbonyl (C=O) groups excluding carboxylic acids is 4. The molecular formula is C36H38F6N2O6S. The lowest BCUT2D eigenvalue weighted by atomic mass is 9.97. The quantitative estimate of drug-likeness (QED) is 0.142. The van der Waals surface area contributed by atoms with Gasteiger partial charge >= 0.3 is 24.3 Å². The summed E-state index contributed by atoms with van der Waals surface area (Å²) in [7, 11) is 0. The Morgan fingerprint density at radius 1 is 0.667 bits per heavy atom. The molecule has 0 aliphatic carbocycles. The molecule has 2 aromatic carbocycles. The molecule has 2 aromatic rings. The summed E-state index contributed by atoms with van der Waals surface area (Å²) in [5.74, 6) is -2.22. The zero-order valence-electron chi connectivity index (χ0n) is 28.0. The number of halogens is 6. The van der Waals surface area contributed by atoms with E-state index in [0.717, 1.165) is 36.4 Å². The molecule has 2 amide bonds. The van der Waals surface area contributed by atoms with Crippen molar-refractivity contribution in [2.75, 3.05) is 39.4 Å². The van der Waals surface area contributed by atoms with Gasteiger partial charge < -0.3 is 19.3 Å². The maximum atomic E-state index is 14.2. The minimum absolute atomic E-state index is 0.0211. The first-order valence-corrected chi connectivity index (χ1v) is 17.3. The Hall–Kier alpha value is -4.27. The molecule has 0 spiro atoms. The summed E-state index contributed by atoms with van der Waals surface area (Å²) in [6, 6.07) is 6.20. The molecule has 0 radical (unpaired) electrons. The van der Waals surface area contributed by atoms with Crippen molar-refractivity contribution >= 4 is 47.7 Å². The van der Waals surface area contributed by atoms with Crippen LogP contribution in [0, 0.1) is 11.8 Å². The van der Waals surface area contributed by atoms with Gasteiger partial charge in [-0.1, -0.05) is 23.9 Å². The molecule has 0 bridgehead atoms. The van der Waals surface area contributed by atoms with E-state index in [9.17, 15) is 45.5 Å². The lowest BCUT2D eigenvalue weighted by Gasteiger charge is -2.30. The number of nitrogens with zero attached hydrogens (tertiary/aromatic N) is 2. The highest BCUT2D eigenvalue weighted by Crippen LogP contribution is 2.44. The molecule has 0 aromatic heterocycles. The topological polar surface area (TPSA) is 93.2 Å². The van der Waals surface area contributed by atoms with Gasteiger partial charge in [-0.05, 0) is 87.1 Å². The van der Waals surface area contributed by atoms with Crippen LogP contribution >= 0.6 is 11.8 Å². The van der Waals surface area contributed by atoms with Gasteiger partial charge in [0, 0.05) is 48.1 Å². The van der Waals surface area contributed by atoms with Crippen molar-refractivity contribution in [1.82, 2.24) is 9.80 Å². The number of esters is 2. The summed E-state index contributed by atoms with van der Waals surface area (Å²) in [6.45, 7) is 5.00. The Balaban J connectivity index is 1.46. The molecule has 15 heteroatoms. The highest BCUT2D eigenvalue weighted by atomic mass is 32.2. The third-order valence-corrected chi connectivity index (χ3v) is 9.68. The second-order valence-electron chi connectivity index (χ2n) is 12.0. The number of amides is 2. The Bertz CT molecular complexity index is 1520. The lowest BCUT2D eigenvalue weighted by Crippen LogP contribution is -2.39. The van der Waals surface area contributed by atoms with Gasteiger partial charge in [-0.2, -0.15) is 26.3 Å². The van der Waals surface area contributed by atoms with Crippen LogP contribution in [0.15, 0.2) is 58.3 Å². The first kappa shape index (κ1) is 39.5. The summed E-state index contributed by atoms with van der Waals surface area (Å²) >= 11 is 0.304. The molecular weight excluding hydrogens is 702 g/mol. The molecule has 0 N–H and O–H groups in total. The fourth-order valence-corrected chi connectivity index (χ4v) is 6.86. The Morgan fingerprint density at radius 3 is 1.33 bits per heavy atom. The zero-order chi connectivity index (χ0) is 37.3. The van der Waals surface area contributed by atoms with E-state index in [1.54, 1.807) is 13.8 Å². The van der Waals surface area contributed by atoms with Gasteiger partial charge in [0.1, 0.15) is 0 Å². The van der Waals surface area contributed by atoms with Gasteiger partial charge in [0.2, 0.25) is 11.8 Å². The van der Waals surface area contributed by atoms with E-state index in [1.165, 1.54) is 34.1 Å². The minimum atomic E-state index is -4.92. The zero-order valence-corrected chi connectivity index (χ0v) is 28.8. The second kappa shape index (κ2) is 17.3. The Labute approximate surface area is 295 Å².